The Morgan fingerprint density at radius 3 is 3.00 bits per heavy atom. The zero-order valence-corrected chi connectivity index (χ0v) is 12.5. The average molecular weight is 297 g/mol. The van der Waals surface area contributed by atoms with Gasteiger partial charge in [-0.1, -0.05) is 18.0 Å². The van der Waals surface area contributed by atoms with E-state index in [2.05, 4.69) is 5.32 Å². The molecule has 1 atom stereocenters. The van der Waals surface area contributed by atoms with Gasteiger partial charge in [-0.3, -0.25) is 4.79 Å². The Balaban J connectivity index is 1.92. The molecule has 0 aromatic heterocycles. The topological polar surface area (TPSA) is 52.6 Å². The molecule has 0 aliphatic carbocycles. The molecule has 1 aliphatic rings. The molecule has 1 aromatic rings. The highest BCUT2D eigenvalue weighted by Crippen LogP contribution is 2.22. The van der Waals surface area contributed by atoms with E-state index in [4.69, 9.17) is 11.6 Å². The van der Waals surface area contributed by atoms with E-state index in [1.165, 1.54) is 31.4 Å². The van der Waals surface area contributed by atoms with Crippen molar-refractivity contribution in [3.63, 3.8) is 0 Å². The summed E-state index contributed by atoms with van der Waals surface area (Å²) in [6, 6.07) is 4.93. The van der Waals surface area contributed by atoms with Crippen LogP contribution in [0.4, 0.5) is 0 Å². The molecule has 4 nitrogen and oxygen atoms in total. The summed E-state index contributed by atoms with van der Waals surface area (Å²) in [5.74, 6) is -0.0955. The summed E-state index contributed by atoms with van der Waals surface area (Å²) >= 11 is 6.01. The van der Waals surface area contributed by atoms with Crippen molar-refractivity contribution in [1.29, 1.82) is 0 Å². The van der Waals surface area contributed by atoms with Gasteiger partial charge in [0.1, 0.15) is 5.75 Å². The lowest BCUT2D eigenvalue weighted by Crippen LogP contribution is -2.38. The third-order valence-electron chi connectivity index (χ3n) is 3.75. The first-order chi connectivity index (χ1) is 9.58. The summed E-state index contributed by atoms with van der Waals surface area (Å²) in [5.41, 5.74) is 0.353. The molecule has 110 valence electrons. The average Bonchev–Trinajstić information content (AvgIpc) is 2.47. The van der Waals surface area contributed by atoms with Crippen molar-refractivity contribution in [2.75, 3.05) is 20.1 Å². The molecule has 0 spiro atoms. The number of phenols is 1. The third-order valence-corrected chi connectivity index (χ3v) is 4.08. The van der Waals surface area contributed by atoms with Gasteiger partial charge in [-0.15, -0.1) is 0 Å². The fourth-order valence-corrected chi connectivity index (χ4v) is 2.70. The molecule has 5 heteroatoms. The van der Waals surface area contributed by atoms with E-state index in [1.807, 2.05) is 0 Å². The molecular weight excluding hydrogens is 276 g/mol. The largest absolute Gasteiger partial charge is 0.508 e. The minimum absolute atomic E-state index is 0.0556. The molecule has 2 rings (SSSR count). The van der Waals surface area contributed by atoms with Crippen LogP contribution >= 0.6 is 11.6 Å². The van der Waals surface area contributed by atoms with Crippen molar-refractivity contribution in [3.8, 4) is 5.75 Å². The highest BCUT2D eigenvalue weighted by Gasteiger charge is 2.18. The summed E-state index contributed by atoms with van der Waals surface area (Å²) in [6.45, 7) is 1.75. The van der Waals surface area contributed by atoms with E-state index >= 15 is 0 Å². The Morgan fingerprint density at radius 1 is 1.50 bits per heavy atom. The van der Waals surface area contributed by atoms with Crippen LogP contribution in [0.2, 0.25) is 5.02 Å². The fraction of sp³-hybridized carbons (Fsp3) is 0.533. The van der Waals surface area contributed by atoms with Gasteiger partial charge in [0.2, 0.25) is 0 Å². The van der Waals surface area contributed by atoms with E-state index in [-0.39, 0.29) is 11.7 Å². The summed E-state index contributed by atoms with van der Waals surface area (Å²) < 4.78 is 0. The predicted molar refractivity (Wildman–Crippen MR) is 80.3 cm³/mol. The maximum atomic E-state index is 12.3. The molecule has 0 radical (unpaired) electrons. The van der Waals surface area contributed by atoms with Crippen molar-refractivity contribution in [3.05, 3.63) is 28.8 Å². The van der Waals surface area contributed by atoms with Crippen LogP contribution in [0.3, 0.4) is 0 Å². The lowest BCUT2D eigenvalue weighted by molar-refractivity contribution is 0.0788. The second kappa shape index (κ2) is 6.95. The van der Waals surface area contributed by atoms with Crippen LogP contribution in [0.5, 0.6) is 5.75 Å². The van der Waals surface area contributed by atoms with Gasteiger partial charge >= 0.3 is 0 Å². The Labute approximate surface area is 124 Å². The number of carbonyl (C=O) groups excluding carboxylic acids is 1. The molecule has 1 unspecified atom stereocenters. The summed E-state index contributed by atoms with van der Waals surface area (Å²) in [5, 5.41) is 13.3. The van der Waals surface area contributed by atoms with Gasteiger partial charge in [0.15, 0.2) is 0 Å². The van der Waals surface area contributed by atoms with Gasteiger partial charge in [0.05, 0.1) is 10.6 Å². The summed E-state index contributed by atoms with van der Waals surface area (Å²) in [7, 11) is 1.77. The number of piperidine rings is 1. The number of halogens is 1. The van der Waals surface area contributed by atoms with Gasteiger partial charge < -0.3 is 15.3 Å². The van der Waals surface area contributed by atoms with Crippen molar-refractivity contribution in [2.24, 2.45) is 0 Å². The zero-order chi connectivity index (χ0) is 14.5. The van der Waals surface area contributed by atoms with Crippen LogP contribution < -0.4 is 5.32 Å². The third kappa shape index (κ3) is 3.87. The van der Waals surface area contributed by atoms with E-state index in [0.717, 1.165) is 13.0 Å². The number of phenolic OH excluding ortho intramolecular Hbond substituents is 1. The first-order valence-electron chi connectivity index (χ1n) is 7.05. The number of nitrogens with zero attached hydrogens (tertiary/aromatic N) is 1. The fourth-order valence-electron chi connectivity index (χ4n) is 2.50. The Hall–Kier alpha value is -1.26. The molecule has 20 heavy (non-hydrogen) atoms. The number of hydrogen-bond donors (Lipinski definition) is 2. The Bertz CT molecular complexity index is 473. The Morgan fingerprint density at radius 2 is 2.30 bits per heavy atom. The maximum absolute atomic E-state index is 12.3. The smallest absolute Gasteiger partial charge is 0.255 e. The van der Waals surface area contributed by atoms with Gasteiger partial charge in [0, 0.05) is 19.6 Å². The number of carbonyl (C=O) groups is 1. The second-order valence-electron chi connectivity index (χ2n) is 5.33. The molecule has 1 aliphatic heterocycles. The number of amides is 1. The number of hydrogen-bond acceptors (Lipinski definition) is 3. The molecule has 1 aromatic carbocycles. The van der Waals surface area contributed by atoms with Crippen molar-refractivity contribution in [1.82, 2.24) is 10.2 Å². The lowest BCUT2D eigenvalue weighted by atomic mass is 10.0. The van der Waals surface area contributed by atoms with E-state index < -0.39 is 0 Å². The molecule has 0 bridgehead atoms. The number of benzene rings is 1. The van der Waals surface area contributed by atoms with Gasteiger partial charge in [-0.2, -0.15) is 0 Å². The van der Waals surface area contributed by atoms with Crippen LogP contribution in [0.25, 0.3) is 0 Å². The Kier molecular flexibility index (Phi) is 5.26. The first-order valence-corrected chi connectivity index (χ1v) is 7.43. The van der Waals surface area contributed by atoms with E-state index in [1.54, 1.807) is 18.0 Å². The van der Waals surface area contributed by atoms with Crippen molar-refractivity contribution < 1.29 is 9.90 Å². The molecular formula is C15H21ClN2O2. The van der Waals surface area contributed by atoms with Crippen LogP contribution in [0.15, 0.2) is 18.2 Å². The molecule has 2 N–H and O–H groups in total. The highest BCUT2D eigenvalue weighted by molar-refractivity contribution is 6.33. The van der Waals surface area contributed by atoms with E-state index in [0.29, 0.717) is 23.2 Å². The van der Waals surface area contributed by atoms with Crippen LogP contribution in [0.1, 0.15) is 36.0 Å². The number of rotatable bonds is 4. The quantitative estimate of drug-likeness (QED) is 0.898. The van der Waals surface area contributed by atoms with Gasteiger partial charge in [-0.25, -0.2) is 0 Å². The molecule has 1 saturated heterocycles. The standard InChI is InChI=1S/C15H21ClN2O2/c1-18(9-7-11-4-2-3-8-17-11)15(20)13-10-12(19)5-6-14(13)16/h5-6,10-11,17,19H,2-4,7-9H2,1H3. The van der Waals surface area contributed by atoms with Gasteiger partial charge in [0.25, 0.3) is 5.91 Å². The van der Waals surface area contributed by atoms with Gasteiger partial charge in [-0.05, 0) is 44.0 Å². The van der Waals surface area contributed by atoms with Crippen molar-refractivity contribution in [2.45, 2.75) is 31.7 Å². The van der Waals surface area contributed by atoms with E-state index in [9.17, 15) is 9.90 Å². The first kappa shape index (κ1) is 15.1. The van der Waals surface area contributed by atoms with Crippen LogP contribution in [-0.2, 0) is 0 Å². The van der Waals surface area contributed by atoms with Crippen LogP contribution in [0, 0.1) is 0 Å². The molecule has 1 heterocycles. The predicted octanol–water partition coefficient (Wildman–Crippen LogP) is 2.65. The summed E-state index contributed by atoms with van der Waals surface area (Å²) in [6.07, 6.45) is 4.62. The second-order valence-corrected chi connectivity index (χ2v) is 5.73. The minimum Gasteiger partial charge on any atom is -0.508 e. The normalized spacial score (nSPS) is 18.8. The monoisotopic (exact) mass is 296 g/mol. The SMILES string of the molecule is CN(CCC1CCCCN1)C(=O)c1cc(O)ccc1Cl. The minimum atomic E-state index is -0.151. The maximum Gasteiger partial charge on any atom is 0.255 e. The molecule has 0 saturated carbocycles. The molecule has 1 amide bonds. The summed E-state index contributed by atoms with van der Waals surface area (Å²) in [4.78, 5) is 14.0. The van der Waals surface area contributed by atoms with Crippen LogP contribution in [-0.4, -0.2) is 42.1 Å². The molecule has 1 fully saturated rings. The highest BCUT2D eigenvalue weighted by atomic mass is 35.5. The number of aromatic hydroxyl groups is 1. The zero-order valence-electron chi connectivity index (χ0n) is 11.7. The van der Waals surface area contributed by atoms with Crippen molar-refractivity contribution >= 4 is 17.5 Å². The number of nitrogens with one attached hydrogen (secondary N) is 1. The lowest BCUT2D eigenvalue weighted by Gasteiger charge is -2.26.